The van der Waals surface area contributed by atoms with Crippen LogP contribution in [-0.4, -0.2) is 41.5 Å². The van der Waals surface area contributed by atoms with Gasteiger partial charge in [-0.05, 0) is 19.1 Å². The van der Waals surface area contributed by atoms with Crippen LogP contribution >= 0.6 is 0 Å². The van der Waals surface area contributed by atoms with Crippen molar-refractivity contribution in [1.29, 1.82) is 0 Å². The van der Waals surface area contributed by atoms with Crippen molar-refractivity contribution in [2.24, 2.45) is 0 Å². The number of nitrogens with one attached hydrogen (secondary N) is 1. The quantitative estimate of drug-likeness (QED) is 0.760. The standard InChI is InChI=1S/C11H14FN3O/c1-8-6-13-4-5-15(8)11(16)10-3-2-9(12)7-14-10/h2-3,7-8,13H,4-6H2,1H3. The Bertz CT molecular complexity index is 379. The highest BCUT2D eigenvalue weighted by atomic mass is 19.1. The summed E-state index contributed by atoms with van der Waals surface area (Å²) in [6.45, 7) is 4.22. The molecule has 0 spiro atoms. The van der Waals surface area contributed by atoms with Gasteiger partial charge < -0.3 is 10.2 Å². The van der Waals surface area contributed by atoms with Gasteiger partial charge in [-0.3, -0.25) is 4.79 Å². The normalized spacial score (nSPS) is 20.9. The molecule has 1 aromatic heterocycles. The van der Waals surface area contributed by atoms with E-state index in [0.717, 1.165) is 19.3 Å². The summed E-state index contributed by atoms with van der Waals surface area (Å²) >= 11 is 0. The molecule has 1 fully saturated rings. The molecule has 1 aromatic rings. The highest BCUT2D eigenvalue weighted by molar-refractivity contribution is 5.92. The van der Waals surface area contributed by atoms with Crippen molar-refractivity contribution >= 4 is 5.91 Å². The average Bonchev–Trinajstić information content (AvgIpc) is 2.30. The number of amides is 1. The molecular weight excluding hydrogens is 209 g/mol. The Morgan fingerprint density at radius 2 is 2.44 bits per heavy atom. The molecule has 0 radical (unpaired) electrons. The molecular formula is C11H14FN3O. The van der Waals surface area contributed by atoms with Gasteiger partial charge in [0.05, 0.1) is 6.20 Å². The molecule has 2 heterocycles. The molecule has 1 aliphatic rings. The minimum Gasteiger partial charge on any atom is -0.332 e. The molecule has 1 amide bonds. The number of hydrogen-bond acceptors (Lipinski definition) is 3. The average molecular weight is 223 g/mol. The van der Waals surface area contributed by atoms with E-state index in [1.165, 1.54) is 12.1 Å². The number of carbonyl (C=O) groups is 1. The lowest BCUT2D eigenvalue weighted by Crippen LogP contribution is -2.52. The highest BCUT2D eigenvalue weighted by Crippen LogP contribution is 2.08. The molecule has 0 bridgehead atoms. The molecule has 86 valence electrons. The van der Waals surface area contributed by atoms with Gasteiger partial charge in [0.15, 0.2) is 0 Å². The van der Waals surface area contributed by atoms with Gasteiger partial charge in [-0.15, -0.1) is 0 Å². The maximum absolute atomic E-state index is 12.7. The molecule has 1 aliphatic heterocycles. The summed E-state index contributed by atoms with van der Waals surface area (Å²) in [4.78, 5) is 17.6. The van der Waals surface area contributed by atoms with Crippen LogP contribution in [0.1, 0.15) is 17.4 Å². The van der Waals surface area contributed by atoms with E-state index < -0.39 is 5.82 Å². The van der Waals surface area contributed by atoms with Gasteiger partial charge in [-0.25, -0.2) is 9.37 Å². The van der Waals surface area contributed by atoms with Gasteiger partial charge in [0.1, 0.15) is 11.5 Å². The number of nitrogens with zero attached hydrogens (tertiary/aromatic N) is 2. The van der Waals surface area contributed by atoms with E-state index >= 15 is 0 Å². The smallest absolute Gasteiger partial charge is 0.272 e. The first kappa shape index (κ1) is 11.0. The fourth-order valence-electron chi connectivity index (χ4n) is 1.79. The molecule has 5 heteroatoms. The third-order valence-electron chi connectivity index (χ3n) is 2.71. The minimum atomic E-state index is -0.426. The van der Waals surface area contributed by atoms with E-state index in [1.807, 2.05) is 6.92 Å². The molecule has 2 rings (SSSR count). The van der Waals surface area contributed by atoms with Gasteiger partial charge in [0.25, 0.3) is 5.91 Å². The second-order valence-electron chi connectivity index (χ2n) is 3.91. The van der Waals surface area contributed by atoms with Crippen LogP contribution in [0.4, 0.5) is 4.39 Å². The van der Waals surface area contributed by atoms with Crippen LogP contribution in [0.3, 0.4) is 0 Å². The first-order valence-electron chi connectivity index (χ1n) is 5.32. The van der Waals surface area contributed by atoms with Crippen LogP contribution in [0, 0.1) is 5.82 Å². The third kappa shape index (κ3) is 2.19. The number of hydrogen-bond donors (Lipinski definition) is 1. The SMILES string of the molecule is CC1CNCCN1C(=O)c1ccc(F)cn1. The largest absolute Gasteiger partial charge is 0.332 e. The number of piperazine rings is 1. The van der Waals surface area contributed by atoms with Crippen molar-refractivity contribution in [3.05, 3.63) is 29.8 Å². The maximum atomic E-state index is 12.7. The highest BCUT2D eigenvalue weighted by Gasteiger charge is 2.24. The van der Waals surface area contributed by atoms with Crippen LogP contribution in [-0.2, 0) is 0 Å². The van der Waals surface area contributed by atoms with Crippen molar-refractivity contribution in [2.75, 3.05) is 19.6 Å². The molecule has 1 N–H and O–H groups in total. The van der Waals surface area contributed by atoms with Crippen LogP contribution < -0.4 is 5.32 Å². The van der Waals surface area contributed by atoms with Crippen molar-refractivity contribution < 1.29 is 9.18 Å². The van der Waals surface area contributed by atoms with Crippen LogP contribution in [0.2, 0.25) is 0 Å². The molecule has 1 atom stereocenters. The number of halogens is 1. The fraction of sp³-hybridized carbons (Fsp3) is 0.455. The molecule has 16 heavy (non-hydrogen) atoms. The molecule has 1 unspecified atom stereocenters. The molecule has 1 saturated heterocycles. The zero-order valence-electron chi connectivity index (χ0n) is 9.11. The Balaban J connectivity index is 2.14. The number of aromatic nitrogens is 1. The van der Waals surface area contributed by atoms with Crippen molar-refractivity contribution in [2.45, 2.75) is 13.0 Å². The molecule has 0 aromatic carbocycles. The molecule has 0 aliphatic carbocycles. The van der Waals surface area contributed by atoms with E-state index in [9.17, 15) is 9.18 Å². The van der Waals surface area contributed by atoms with Crippen LogP contribution in [0.5, 0.6) is 0 Å². The summed E-state index contributed by atoms with van der Waals surface area (Å²) in [5.74, 6) is -0.557. The summed E-state index contributed by atoms with van der Waals surface area (Å²) in [6.07, 6.45) is 1.07. The minimum absolute atomic E-state index is 0.131. The van der Waals surface area contributed by atoms with Crippen molar-refractivity contribution in [1.82, 2.24) is 15.2 Å². The monoisotopic (exact) mass is 223 g/mol. The Labute approximate surface area is 93.5 Å². The van der Waals surface area contributed by atoms with Crippen molar-refractivity contribution in [3.8, 4) is 0 Å². The van der Waals surface area contributed by atoms with Crippen LogP contribution in [0.25, 0.3) is 0 Å². The second-order valence-corrected chi connectivity index (χ2v) is 3.91. The molecule has 0 saturated carbocycles. The van der Waals surface area contributed by atoms with E-state index in [0.29, 0.717) is 12.2 Å². The van der Waals surface area contributed by atoms with E-state index in [1.54, 1.807) is 4.90 Å². The molecule has 4 nitrogen and oxygen atoms in total. The first-order chi connectivity index (χ1) is 7.68. The lowest BCUT2D eigenvalue weighted by Gasteiger charge is -2.33. The maximum Gasteiger partial charge on any atom is 0.272 e. The Hall–Kier alpha value is -1.49. The van der Waals surface area contributed by atoms with E-state index in [4.69, 9.17) is 0 Å². The van der Waals surface area contributed by atoms with E-state index in [2.05, 4.69) is 10.3 Å². The van der Waals surface area contributed by atoms with Gasteiger partial charge in [0.2, 0.25) is 0 Å². The third-order valence-corrected chi connectivity index (χ3v) is 2.71. The summed E-state index contributed by atoms with van der Waals surface area (Å²) in [5, 5.41) is 3.21. The lowest BCUT2D eigenvalue weighted by molar-refractivity contribution is 0.0649. The topological polar surface area (TPSA) is 45.2 Å². The zero-order chi connectivity index (χ0) is 11.5. The summed E-state index contributed by atoms with van der Waals surface area (Å²) < 4.78 is 12.7. The number of pyridine rings is 1. The summed E-state index contributed by atoms with van der Waals surface area (Å²) in [7, 11) is 0. The predicted molar refractivity (Wildman–Crippen MR) is 57.6 cm³/mol. The van der Waals surface area contributed by atoms with Gasteiger partial charge in [-0.2, -0.15) is 0 Å². The Morgan fingerprint density at radius 3 is 3.06 bits per heavy atom. The van der Waals surface area contributed by atoms with Crippen molar-refractivity contribution in [3.63, 3.8) is 0 Å². The van der Waals surface area contributed by atoms with Gasteiger partial charge in [0, 0.05) is 25.7 Å². The first-order valence-corrected chi connectivity index (χ1v) is 5.32. The van der Waals surface area contributed by atoms with Crippen LogP contribution in [0.15, 0.2) is 18.3 Å². The Kier molecular flexibility index (Phi) is 3.14. The Morgan fingerprint density at radius 1 is 1.62 bits per heavy atom. The van der Waals surface area contributed by atoms with Gasteiger partial charge in [-0.1, -0.05) is 0 Å². The number of rotatable bonds is 1. The predicted octanol–water partition coefficient (Wildman–Crippen LogP) is 0.655. The fourth-order valence-corrected chi connectivity index (χ4v) is 1.79. The van der Waals surface area contributed by atoms with Gasteiger partial charge >= 0.3 is 0 Å². The lowest BCUT2D eigenvalue weighted by atomic mass is 10.2. The summed E-state index contributed by atoms with van der Waals surface area (Å²) in [6, 6.07) is 2.83. The summed E-state index contributed by atoms with van der Waals surface area (Å²) in [5.41, 5.74) is 0.301. The number of carbonyl (C=O) groups excluding carboxylic acids is 1. The second kappa shape index (κ2) is 4.57. The van der Waals surface area contributed by atoms with E-state index in [-0.39, 0.29) is 11.9 Å². The zero-order valence-corrected chi connectivity index (χ0v) is 9.11.